The fourth-order valence-corrected chi connectivity index (χ4v) is 0.418. The van der Waals surface area contributed by atoms with E-state index in [1.807, 2.05) is 6.92 Å². The van der Waals surface area contributed by atoms with Gasteiger partial charge in [-0.05, 0) is 12.5 Å². The number of rotatable bonds is 3. The van der Waals surface area contributed by atoms with Crippen molar-refractivity contribution < 1.29 is 20.4 Å². The summed E-state index contributed by atoms with van der Waals surface area (Å²) in [5.74, 6) is -3.90. The molecule has 0 aromatic carbocycles. The Labute approximate surface area is 59.1 Å². The molecule has 0 saturated heterocycles. The van der Waals surface area contributed by atoms with Crippen molar-refractivity contribution in [2.24, 2.45) is 0 Å². The highest BCUT2D eigenvalue weighted by molar-refractivity contribution is 4.96. The molecular formula is C6H12O4. The third-order valence-electron chi connectivity index (χ3n) is 0.970. The Morgan fingerprint density at radius 3 is 2.20 bits per heavy atom. The molecule has 0 rings (SSSR count). The third kappa shape index (κ3) is 3.45. The molecule has 0 aliphatic carbocycles. The monoisotopic (exact) mass is 148 g/mol. The average Bonchev–Trinajstić information content (AvgIpc) is 1.80. The molecule has 0 aliphatic heterocycles. The van der Waals surface area contributed by atoms with Crippen LogP contribution in [0.1, 0.15) is 19.8 Å². The summed E-state index contributed by atoms with van der Waals surface area (Å²) < 4.78 is 0. The Morgan fingerprint density at radius 2 is 1.90 bits per heavy atom. The Morgan fingerprint density at radius 1 is 1.40 bits per heavy atom. The number of unbranched alkanes of at least 4 members (excludes halogenated alkanes) is 1. The van der Waals surface area contributed by atoms with E-state index in [-0.39, 0.29) is 0 Å². The van der Waals surface area contributed by atoms with Crippen LogP contribution in [-0.4, -0.2) is 26.4 Å². The quantitative estimate of drug-likeness (QED) is 0.331. The van der Waals surface area contributed by atoms with Crippen molar-refractivity contribution in [2.75, 3.05) is 0 Å². The Hall–Kier alpha value is -0.580. The number of aliphatic hydroxyl groups excluding tert-OH is 1. The zero-order chi connectivity index (χ0) is 8.20. The summed E-state index contributed by atoms with van der Waals surface area (Å²) in [7, 11) is 0. The zero-order valence-electron chi connectivity index (χ0n) is 5.78. The van der Waals surface area contributed by atoms with Crippen LogP contribution in [0.3, 0.4) is 0 Å². The molecular weight excluding hydrogens is 136 g/mol. The van der Waals surface area contributed by atoms with Gasteiger partial charge in [-0.1, -0.05) is 13.3 Å². The van der Waals surface area contributed by atoms with Gasteiger partial charge in [-0.3, -0.25) is 0 Å². The van der Waals surface area contributed by atoms with Gasteiger partial charge in [0.1, 0.15) is 0 Å². The van der Waals surface area contributed by atoms with Crippen LogP contribution in [-0.2, 0) is 0 Å². The van der Waals surface area contributed by atoms with Crippen LogP contribution in [0, 0.1) is 0 Å². The van der Waals surface area contributed by atoms with Crippen molar-refractivity contribution >= 4 is 0 Å². The molecule has 60 valence electrons. The van der Waals surface area contributed by atoms with E-state index in [1.54, 1.807) is 0 Å². The number of allylic oxidation sites excluding steroid dienone is 1. The summed E-state index contributed by atoms with van der Waals surface area (Å²) >= 11 is 0. The van der Waals surface area contributed by atoms with Crippen molar-refractivity contribution in [3.8, 4) is 0 Å². The summed E-state index contributed by atoms with van der Waals surface area (Å²) in [5, 5.41) is 33.5. The summed E-state index contributed by atoms with van der Waals surface area (Å²) in [4.78, 5) is 0. The largest absolute Gasteiger partial charge is 0.505 e. The second-order valence-corrected chi connectivity index (χ2v) is 2.01. The minimum atomic E-state index is -3.07. The topological polar surface area (TPSA) is 80.9 Å². The van der Waals surface area contributed by atoms with Gasteiger partial charge in [0.15, 0.2) is 5.76 Å². The van der Waals surface area contributed by atoms with Gasteiger partial charge >= 0.3 is 5.97 Å². The van der Waals surface area contributed by atoms with Crippen LogP contribution < -0.4 is 0 Å². The zero-order valence-corrected chi connectivity index (χ0v) is 5.78. The van der Waals surface area contributed by atoms with Crippen LogP contribution in [0.15, 0.2) is 11.8 Å². The Kier molecular flexibility index (Phi) is 3.35. The molecule has 0 atom stereocenters. The van der Waals surface area contributed by atoms with Gasteiger partial charge in [0.25, 0.3) is 0 Å². The van der Waals surface area contributed by atoms with Gasteiger partial charge in [0.05, 0.1) is 0 Å². The van der Waals surface area contributed by atoms with Gasteiger partial charge < -0.3 is 20.4 Å². The van der Waals surface area contributed by atoms with Crippen molar-refractivity contribution in [3.05, 3.63) is 11.8 Å². The van der Waals surface area contributed by atoms with Gasteiger partial charge in [-0.25, -0.2) is 0 Å². The molecule has 0 aromatic heterocycles. The highest BCUT2D eigenvalue weighted by Crippen LogP contribution is 2.07. The van der Waals surface area contributed by atoms with Gasteiger partial charge in [0.2, 0.25) is 0 Å². The van der Waals surface area contributed by atoms with E-state index in [2.05, 4.69) is 0 Å². The highest BCUT2D eigenvalue weighted by atomic mass is 16.7. The molecule has 0 aromatic rings. The summed E-state index contributed by atoms with van der Waals surface area (Å²) in [5.41, 5.74) is 0. The molecule has 0 radical (unpaired) electrons. The van der Waals surface area contributed by atoms with Crippen LogP contribution in [0.4, 0.5) is 0 Å². The second-order valence-electron chi connectivity index (χ2n) is 2.01. The van der Waals surface area contributed by atoms with Crippen LogP contribution in [0.25, 0.3) is 0 Å². The normalized spacial score (nSPS) is 13.8. The third-order valence-corrected chi connectivity index (χ3v) is 0.970. The molecule has 4 heteroatoms. The first-order chi connectivity index (χ1) is 4.48. The van der Waals surface area contributed by atoms with Crippen LogP contribution in [0.5, 0.6) is 0 Å². The molecule has 0 saturated carbocycles. The first-order valence-electron chi connectivity index (χ1n) is 3.05. The minimum Gasteiger partial charge on any atom is -0.505 e. The number of hydrogen-bond donors (Lipinski definition) is 4. The summed E-state index contributed by atoms with van der Waals surface area (Å²) in [6.45, 7) is 1.86. The summed E-state index contributed by atoms with van der Waals surface area (Å²) in [6, 6.07) is 0. The predicted octanol–water partition coefficient (Wildman–Crippen LogP) is -0.141. The maximum Gasteiger partial charge on any atom is 0.337 e. The molecule has 10 heavy (non-hydrogen) atoms. The molecule has 0 unspecified atom stereocenters. The SMILES string of the molecule is CCCC=C(O)C(O)(O)O. The van der Waals surface area contributed by atoms with E-state index in [4.69, 9.17) is 20.4 Å². The van der Waals surface area contributed by atoms with Gasteiger partial charge in [-0.15, -0.1) is 0 Å². The molecule has 0 spiro atoms. The molecule has 0 heterocycles. The first kappa shape index (κ1) is 9.42. The van der Waals surface area contributed by atoms with E-state index < -0.39 is 11.7 Å². The number of aliphatic hydroxyl groups is 4. The Balaban J connectivity index is 3.93. The van der Waals surface area contributed by atoms with E-state index in [0.717, 1.165) is 12.5 Å². The smallest absolute Gasteiger partial charge is 0.337 e. The molecule has 4 N–H and O–H groups in total. The summed E-state index contributed by atoms with van der Waals surface area (Å²) in [6.07, 6.45) is 2.41. The van der Waals surface area contributed by atoms with E-state index in [1.165, 1.54) is 0 Å². The van der Waals surface area contributed by atoms with E-state index in [9.17, 15) is 0 Å². The Bertz CT molecular complexity index is 122. The first-order valence-corrected chi connectivity index (χ1v) is 3.05. The van der Waals surface area contributed by atoms with E-state index in [0.29, 0.717) is 6.42 Å². The lowest BCUT2D eigenvalue weighted by atomic mass is 10.3. The van der Waals surface area contributed by atoms with Crippen LogP contribution in [0.2, 0.25) is 0 Å². The van der Waals surface area contributed by atoms with Gasteiger partial charge in [-0.2, -0.15) is 0 Å². The lowest BCUT2D eigenvalue weighted by molar-refractivity contribution is -0.298. The second kappa shape index (κ2) is 3.55. The van der Waals surface area contributed by atoms with Crippen molar-refractivity contribution in [3.63, 3.8) is 0 Å². The maximum absolute atomic E-state index is 8.63. The molecule has 0 fully saturated rings. The van der Waals surface area contributed by atoms with Crippen molar-refractivity contribution in [2.45, 2.75) is 25.7 Å². The number of hydrogen-bond acceptors (Lipinski definition) is 4. The molecule has 4 nitrogen and oxygen atoms in total. The molecule has 0 bridgehead atoms. The lowest BCUT2D eigenvalue weighted by Crippen LogP contribution is -2.29. The maximum atomic E-state index is 8.63. The minimum absolute atomic E-state index is 0.495. The van der Waals surface area contributed by atoms with Crippen molar-refractivity contribution in [1.29, 1.82) is 0 Å². The lowest BCUT2D eigenvalue weighted by Gasteiger charge is -2.11. The molecule has 0 aliphatic rings. The fraction of sp³-hybridized carbons (Fsp3) is 0.667. The predicted molar refractivity (Wildman–Crippen MR) is 35.0 cm³/mol. The van der Waals surface area contributed by atoms with Crippen LogP contribution >= 0.6 is 0 Å². The molecule has 0 amide bonds. The average molecular weight is 148 g/mol. The fourth-order valence-electron chi connectivity index (χ4n) is 0.418. The van der Waals surface area contributed by atoms with Gasteiger partial charge in [0, 0.05) is 0 Å². The standard InChI is InChI=1S/C6H12O4/c1-2-3-4-5(7)6(8,9)10/h4,7-10H,2-3H2,1H3. The van der Waals surface area contributed by atoms with Crippen molar-refractivity contribution in [1.82, 2.24) is 0 Å². The van der Waals surface area contributed by atoms with E-state index >= 15 is 0 Å². The highest BCUT2D eigenvalue weighted by Gasteiger charge is 2.23.